The Morgan fingerprint density at radius 3 is 2.54 bits per heavy atom. The molecule has 1 heterocycles. The Balaban J connectivity index is 2.35. The number of quaternary nitrogens is 1. The van der Waals surface area contributed by atoms with Crippen molar-refractivity contribution in [1.29, 1.82) is 0 Å². The molecule has 0 fully saturated rings. The second-order valence-corrected chi connectivity index (χ2v) is 4.58. The molecule has 1 aromatic rings. The van der Waals surface area contributed by atoms with Crippen LogP contribution in [0.1, 0.15) is 19.1 Å². The van der Waals surface area contributed by atoms with Gasteiger partial charge in [-0.05, 0) is 19.1 Å². The molecule has 1 rings (SSSR count). The van der Waals surface area contributed by atoms with Gasteiger partial charge in [0.1, 0.15) is 5.76 Å². The van der Waals surface area contributed by atoms with E-state index in [9.17, 15) is 0 Å². The summed E-state index contributed by atoms with van der Waals surface area (Å²) in [7, 11) is 6.69. The Morgan fingerprint density at radius 1 is 1.38 bits per heavy atom. The molecule has 0 saturated heterocycles. The van der Waals surface area contributed by atoms with Crippen LogP contribution >= 0.6 is 0 Å². The molecule has 0 aliphatic heterocycles. The van der Waals surface area contributed by atoms with Gasteiger partial charge in [0.2, 0.25) is 0 Å². The lowest BCUT2D eigenvalue weighted by Crippen LogP contribution is -2.43. The third-order valence-corrected chi connectivity index (χ3v) is 2.71. The van der Waals surface area contributed by atoms with Crippen molar-refractivity contribution >= 4 is 0 Å². The number of nitrogens with zero attached hydrogens (tertiary/aromatic N) is 1. The predicted octanol–water partition coefficient (Wildman–Crippen LogP) is 2.31. The van der Waals surface area contributed by atoms with Crippen molar-refractivity contribution in [3.63, 3.8) is 0 Å². The van der Waals surface area contributed by atoms with Gasteiger partial charge in [0.15, 0.2) is 0 Å². The summed E-state index contributed by atoms with van der Waals surface area (Å²) in [5, 5.41) is 0. The summed E-state index contributed by atoms with van der Waals surface area (Å²) in [4.78, 5) is 0. The van der Waals surface area contributed by atoms with Crippen molar-refractivity contribution in [2.75, 3.05) is 21.1 Å². The highest BCUT2D eigenvalue weighted by Gasteiger charge is 2.17. The van der Waals surface area contributed by atoms with Crippen LogP contribution in [0.5, 0.6) is 0 Å². The van der Waals surface area contributed by atoms with E-state index < -0.39 is 0 Å². The second kappa shape index (κ2) is 3.97. The first-order valence-electron chi connectivity index (χ1n) is 4.83. The molecular weight excluding hydrogens is 162 g/mol. The third-order valence-electron chi connectivity index (χ3n) is 2.71. The summed E-state index contributed by atoms with van der Waals surface area (Å²) in [5.41, 5.74) is 0. The molecule has 1 atom stereocenters. The van der Waals surface area contributed by atoms with Crippen LogP contribution in [0.3, 0.4) is 0 Å². The number of hydrogen-bond donors (Lipinski definition) is 0. The van der Waals surface area contributed by atoms with E-state index in [1.807, 2.05) is 12.1 Å². The van der Waals surface area contributed by atoms with E-state index in [4.69, 9.17) is 4.42 Å². The number of rotatable bonds is 4. The van der Waals surface area contributed by atoms with Gasteiger partial charge in [0.05, 0.1) is 33.4 Å². The number of aryl methyl sites for hydroxylation is 1. The van der Waals surface area contributed by atoms with Crippen LogP contribution in [-0.4, -0.2) is 31.7 Å². The van der Waals surface area contributed by atoms with Gasteiger partial charge < -0.3 is 8.90 Å². The highest BCUT2D eigenvalue weighted by Crippen LogP contribution is 2.11. The molecule has 1 unspecified atom stereocenters. The van der Waals surface area contributed by atoms with Crippen molar-refractivity contribution in [2.24, 2.45) is 0 Å². The largest absolute Gasteiger partial charge is 0.469 e. The molecule has 1 aromatic heterocycles. The highest BCUT2D eigenvalue weighted by molar-refractivity contribution is 4.98. The predicted molar refractivity (Wildman–Crippen MR) is 54.5 cm³/mol. The standard InChI is InChI=1S/C11H20NO/c1-10(12(2,3)4)7-8-11-6-5-9-13-11/h5-6,9-10H,7-8H2,1-4H3/q+1. The van der Waals surface area contributed by atoms with Crippen LogP contribution in [0.15, 0.2) is 22.8 Å². The molecule has 0 bridgehead atoms. The molecular formula is C11H20NO+. The Morgan fingerprint density at radius 2 is 2.08 bits per heavy atom. The molecule has 0 aliphatic carbocycles. The zero-order chi connectivity index (χ0) is 9.90. The molecule has 0 spiro atoms. The molecule has 13 heavy (non-hydrogen) atoms. The molecule has 2 heteroatoms. The minimum absolute atomic E-state index is 0.671. The summed E-state index contributed by atoms with van der Waals surface area (Å²) in [6.45, 7) is 2.28. The van der Waals surface area contributed by atoms with Crippen LogP contribution < -0.4 is 0 Å². The first-order chi connectivity index (χ1) is 6.00. The van der Waals surface area contributed by atoms with Crippen LogP contribution in [0, 0.1) is 0 Å². The molecule has 0 aliphatic rings. The number of hydrogen-bond acceptors (Lipinski definition) is 1. The minimum Gasteiger partial charge on any atom is -0.469 e. The molecule has 0 aromatic carbocycles. The summed E-state index contributed by atoms with van der Waals surface area (Å²) in [6, 6.07) is 4.67. The highest BCUT2D eigenvalue weighted by atomic mass is 16.3. The molecule has 2 nitrogen and oxygen atoms in total. The van der Waals surface area contributed by atoms with Gasteiger partial charge in [-0.15, -0.1) is 0 Å². The zero-order valence-electron chi connectivity index (χ0n) is 9.08. The van der Waals surface area contributed by atoms with Crippen molar-refractivity contribution in [2.45, 2.75) is 25.8 Å². The van der Waals surface area contributed by atoms with Crippen LogP contribution in [0.2, 0.25) is 0 Å². The summed E-state index contributed by atoms with van der Waals surface area (Å²) >= 11 is 0. The third kappa shape index (κ3) is 3.23. The smallest absolute Gasteiger partial charge is 0.103 e. The van der Waals surface area contributed by atoms with E-state index in [1.165, 1.54) is 6.42 Å². The Bertz CT molecular complexity index is 233. The van der Waals surface area contributed by atoms with Gasteiger partial charge in [-0.2, -0.15) is 0 Å². The van der Waals surface area contributed by atoms with Crippen molar-refractivity contribution in [3.05, 3.63) is 24.2 Å². The fraction of sp³-hybridized carbons (Fsp3) is 0.636. The normalized spacial score (nSPS) is 14.5. The minimum atomic E-state index is 0.671. The lowest BCUT2D eigenvalue weighted by molar-refractivity contribution is -0.894. The number of furan rings is 1. The Kier molecular flexibility index (Phi) is 3.15. The first kappa shape index (κ1) is 10.3. The van der Waals surface area contributed by atoms with Crippen molar-refractivity contribution in [3.8, 4) is 0 Å². The molecule has 0 N–H and O–H groups in total. The molecule has 0 saturated carbocycles. The van der Waals surface area contributed by atoms with E-state index in [0.29, 0.717) is 6.04 Å². The fourth-order valence-electron chi connectivity index (χ4n) is 1.19. The lowest BCUT2D eigenvalue weighted by Gasteiger charge is -2.31. The van der Waals surface area contributed by atoms with Crippen LogP contribution in [-0.2, 0) is 6.42 Å². The van der Waals surface area contributed by atoms with Crippen molar-refractivity contribution < 1.29 is 8.90 Å². The Hall–Kier alpha value is -0.760. The maximum atomic E-state index is 5.29. The van der Waals surface area contributed by atoms with Gasteiger partial charge in [0, 0.05) is 12.8 Å². The van der Waals surface area contributed by atoms with Gasteiger partial charge >= 0.3 is 0 Å². The zero-order valence-corrected chi connectivity index (χ0v) is 9.08. The van der Waals surface area contributed by atoms with E-state index in [2.05, 4.69) is 28.1 Å². The SMILES string of the molecule is CC(CCc1ccco1)[N+](C)(C)C. The van der Waals surface area contributed by atoms with Crippen molar-refractivity contribution in [1.82, 2.24) is 0 Å². The molecule has 0 amide bonds. The summed E-state index contributed by atoms with van der Waals surface area (Å²) in [5.74, 6) is 1.10. The fourth-order valence-corrected chi connectivity index (χ4v) is 1.19. The Labute approximate surface area is 80.8 Å². The first-order valence-corrected chi connectivity index (χ1v) is 4.83. The quantitative estimate of drug-likeness (QED) is 0.651. The van der Waals surface area contributed by atoms with Crippen LogP contribution in [0.4, 0.5) is 0 Å². The van der Waals surface area contributed by atoms with E-state index in [1.54, 1.807) is 6.26 Å². The van der Waals surface area contributed by atoms with Gasteiger partial charge in [0.25, 0.3) is 0 Å². The van der Waals surface area contributed by atoms with E-state index >= 15 is 0 Å². The molecule has 0 radical (unpaired) electrons. The maximum Gasteiger partial charge on any atom is 0.103 e. The topological polar surface area (TPSA) is 13.1 Å². The average molecular weight is 182 g/mol. The molecule has 74 valence electrons. The monoisotopic (exact) mass is 182 g/mol. The lowest BCUT2D eigenvalue weighted by atomic mass is 10.1. The average Bonchev–Trinajstić information content (AvgIpc) is 2.50. The maximum absolute atomic E-state index is 5.29. The summed E-state index contributed by atoms with van der Waals surface area (Å²) in [6.07, 6.45) is 3.96. The second-order valence-electron chi connectivity index (χ2n) is 4.58. The van der Waals surface area contributed by atoms with Gasteiger partial charge in [-0.3, -0.25) is 0 Å². The van der Waals surface area contributed by atoms with E-state index in [-0.39, 0.29) is 0 Å². The van der Waals surface area contributed by atoms with Gasteiger partial charge in [-0.1, -0.05) is 0 Å². The summed E-state index contributed by atoms with van der Waals surface area (Å²) < 4.78 is 6.30. The van der Waals surface area contributed by atoms with E-state index in [0.717, 1.165) is 16.7 Å². The van der Waals surface area contributed by atoms with Crippen LogP contribution in [0.25, 0.3) is 0 Å². The van der Waals surface area contributed by atoms with Gasteiger partial charge in [-0.25, -0.2) is 0 Å².